The number of rotatable bonds is 8. The quantitative estimate of drug-likeness (QED) is 0.765. The number of nitrogens with one attached hydrogen (secondary N) is 2. The van der Waals surface area contributed by atoms with Crippen LogP contribution in [-0.2, 0) is 16.1 Å². The fourth-order valence-corrected chi connectivity index (χ4v) is 2.47. The van der Waals surface area contributed by atoms with Gasteiger partial charge in [0.2, 0.25) is 18.6 Å². The molecule has 1 aliphatic heterocycles. The molecule has 0 saturated carbocycles. The van der Waals surface area contributed by atoms with E-state index >= 15 is 0 Å². The first kappa shape index (κ1) is 18.1. The Labute approximate surface area is 142 Å². The number of fused-ring (bicyclic) bond motifs is 1. The molecule has 0 spiro atoms. The van der Waals surface area contributed by atoms with E-state index in [1.807, 2.05) is 39.0 Å². The molecule has 0 fully saturated rings. The second kappa shape index (κ2) is 8.57. The Bertz CT molecular complexity index is 586. The summed E-state index contributed by atoms with van der Waals surface area (Å²) in [7, 11) is 0. The number of carbonyl (C=O) groups is 2. The molecule has 132 valence electrons. The number of benzene rings is 1. The molecule has 2 amide bonds. The summed E-state index contributed by atoms with van der Waals surface area (Å²) in [5.41, 5.74) is 0.924. The molecular weight excluding hydrogens is 308 g/mol. The molecule has 6 nitrogen and oxygen atoms in total. The third kappa shape index (κ3) is 4.88. The number of hydrogen-bond donors (Lipinski definition) is 2. The number of ether oxygens (including phenoxy) is 2. The molecule has 24 heavy (non-hydrogen) atoms. The van der Waals surface area contributed by atoms with E-state index in [1.54, 1.807) is 0 Å². The highest BCUT2D eigenvalue weighted by atomic mass is 16.7. The lowest BCUT2D eigenvalue weighted by molar-refractivity contribution is -0.130. The van der Waals surface area contributed by atoms with E-state index in [0.29, 0.717) is 24.5 Å². The molecule has 2 rings (SSSR count). The van der Waals surface area contributed by atoms with Gasteiger partial charge in [-0.1, -0.05) is 33.3 Å². The SMILES string of the molecule is CCCCC(=O)N[C@H](C(=O)NCc1ccc2c(c1)OCO2)C(C)C. The zero-order valence-corrected chi connectivity index (χ0v) is 14.6. The third-order valence-electron chi connectivity index (χ3n) is 3.93. The largest absolute Gasteiger partial charge is 0.454 e. The van der Waals surface area contributed by atoms with Gasteiger partial charge in [0.25, 0.3) is 0 Å². The fourth-order valence-electron chi connectivity index (χ4n) is 2.47. The molecule has 0 aromatic heterocycles. The Morgan fingerprint density at radius 2 is 1.96 bits per heavy atom. The summed E-state index contributed by atoms with van der Waals surface area (Å²) in [6.45, 7) is 6.48. The van der Waals surface area contributed by atoms with E-state index in [4.69, 9.17) is 9.47 Å². The Hall–Kier alpha value is -2.24. The second-order valence-electron chi connectivity index (χ2n) is 6.30. The topological polar surface area (TPSA) is 76.7 Å². The van der Waals surface area contributed by atoms with Crippen molar-refractivity contribution in [3.63, 3.8) is 0 Å². The maximum absolute atomic E-state index is 12.4. The van der Waals surface area contributed by atoms with Gasteiger partial charge < -0.3 is 20.1 Å². The van der Waals surface area contributed by atoms with Gasteiger partial charge in [0.15, 0.2) is 11.5 Å². The van der Waals surface area contributed by atoms with Crippen LogP contribution in [0.3, 0.4) is 0 Å². The summed E-state index contributed by atoms with van der Waals surface area (Å²) in [5.74, 6) is 1.18. The van der Waals surface area contributed by atoms with Gasteiger partial charge in [0.1, 0.15) is 6.04 Å². The maximum Gasteiger partial charge on any atom is 0.243 e. The zero-order chi connectivity index (χ0) is 17.5. The van der Waals surface area contributed by atoms with Gasteiger partial charge in [-0.15, -0.1) is 0 Å². The molecule has 1 aromatic rings. The van der Waals surface area contributed by atoms with E-state index in [0.717, 1.165) is 18.4 Å². The molecule has 0 aliphatic carbocycles. The highest BCUT2D eigenvalue weighted by molar-refractivity contribution is 5.87. The number of unbranched alkanes of at least 4 members (excludes halogenated alkanes) is 1. The van der Waals surface area contributed by atoms with Crippen molar-refractivity contribution in [1.29, 1.82) is 0 Å². The lowest BCUT2D eigenvalue weighted by atomic mass is 10.0. The summed E-state index contributed by atoms with van der Waals surface area (Å²) < 4.78 is 10.6. The number of carbonyl (C=O) groups excluding carboxylic acids is 2. The number of hydrogen-bond acceptors (Lipinski definition) is 4. The van der Waals surface area contributed by atoms with Crippen LogP contribution < -0.4 is 20.1 Å². The van der Waals surface area contributed by atoms with Crippen LogP contribution in [0.15, 0.2) is 18.2 Å². The molecule has 1 aromatic carbocycles. The van der Waals surface area contributed by atoms with Crippen molar-refractivity contribution >= 4 is 11.8 Å². The van der Waals surface area contributed by atoms with Crippen LogP contribution in [0.2, 0.25) is 0 Å². The lowest BCUT2D eigenvalue weighted by Crippen LogP contribution is -2.49. The molecule has 1 heterocycles. The van der Waals surface area contributed by atoms with Crippen molar-refractivity contribution in [2.24, 2.45) is 5.92 Å². The number of amides is 2. The van der Waals surface area contributed by atoms with Crippen molar-refractivity contribution in [2.45, 2.75) is 52.6 Å². The van der Waals surface area contributed by atoms with Gasteiger partial charge in [0, 0.05) is 13.0 Å². The van der Waals surface area contributed by atoms with E-state index in [1.165, 1.54) is 0 Å². The van der Waals surface area contributed by atoms with E-state index in [2.05, 4.69) is 10.6 Å². The smallest absolute Gasteiger partial charge is 0.243 e. The van der Waals surface area contributed by atoms with Gasteiger partial charge in [-0.2, -0.15) is 0 Å². The average Bonchev–Trinajstić information content (AvgIpc) is 3.03. The predicted octanol–water partition coefficient (Wildman–Crippen LogP) is 2.36. The summed E-state index contributed by atoms with van der Waals surface area (Å²) >= 11 is 0. The first-order valence-electron chi connectivity index (χ1n) is 8.47. The van der Waals surface area contributed by atoms with E-state index < -0.39 is 6.04 Å². The van der Waals surface area contributed by atoms with Crippen molar-refractivity contribution in [1.82, 2.24) is 10.6 Å². The highest BCUT2D eigenvalue weighted by Crippen LogP contribution is 2.32. The summed E-state index contributed by atoms with van der Waals surface area (Å²) in [4.78, 5) is 24.3. The van der Waals surface area contributed by atoms with Crippen LogP contribution >= 0.6 is 0 Å². The molecular formula is C18H26N2O4. The van der Waals surface area contributed by atoms with Crippen LogP contribution in [0, 0.1) is 5.92 Å². The van der Waals surface area contributed by atoms with Crippen molar-refractivity contribution in [3.05, 3.63) is 23.8 Å². The van der Waals surface area contributed by atoms with Crippen LogP contribution in [0.5, 0.6) is 11.5 Å². The molecule has 1 atom stereocenters. The Balaban J connectivity index is 1.89. The molecule has 0 unspecified atom stereocenters. The lowest BCUT2D eigenvalue weighted by Gasteiger charge is -2.21. The van der Waals surface area contributed by atoms with Crippen LogP contribution in [-0.4, -0.2) is 24.6 Å². The molecule has 0 saturated heterocycles. The molecule has 2 N–H and O–H groups in total. The predicted molar refractivity (Wildman–Crippen MR) is 90.7 cm³/mol. The Morgan fingerprint density at radius 1 is 1.21 bits per heavy atom. The second-order valence-corrected chi connectivity index (χ2v) is 6.30. The van der Waals surface area contributed by atoms with Crippen LogP contribution in [0.25, 0.3) is 0 Å². The summed E-state index contributed by atoms with van der Waals surface area (Å²) in [6, 6.07) is 5.05. The van der Waals surface area contributed by atoms with Crippen molar-refractivity contribution < 1.29 is 19.1 Å². The third-order valence-corrected chi connectivity index (χ3v) is 3.93. The van der Waals surface area contributed by atoms with E-state index in [9.17, 15) is 9.59 Å². The minimum Gasteiger partial charge on any atom is -0.454 e. The van der Waals surface area contributed by atoms with Crippen molar-refractivity contribution in [2.75, 3.05) is 6.79 Å². The van der Waals surface area contributed by atoms with Gasteiger partial charge in [-0.25, -0.2) is 0 Å². The highest BCUT2D eigenvalue weighted by Gasteiger charge is 2.24. The van der Waals surface area contributed by atoms with Crippen LogP contribution in [0.1, 0.15) is 45.6 Å². The van der Waals surface area contributed by atoms with Gasteiger partial charge >= 0.3 is 0 Å². The minimum absolute atomic E-state index is 0.0207. The van der Waals surface area contributed by atoms with Crippen molar-refractivity contribution in [3.8, 4) is 11.5 Å². The van der Waals surface area contributed by atoms with Gasteiger partial charge in [0.05, 0.1) is 0 Å². The van der Waals surface area contributed by atoms with Gasteiger partial charge in [-0.3, -0.25) is 9.59 Å². The monoisotopic (exact) mass is 334 g/mol. The van der Waals surface area contributed by atoms with Crippen LogP contribution in [0.4, 0.5) is 0 Å². The molecule has 0 bridgehead atoms. The Kier molecular flexibility index (Phi) is 6.46. The molecule has 0 radical (unpaired) electrons. The Morgan fingerprint density at radius 3 is 2.67 bits per heavy atom. The first-order chi connectivity index (χ1) is 11.5. The normalized spacial score (nSPS) is 13.7. The average molecular weight is 334 g/mol. The first-order valence-corrected chi connectivity index (χ1v) is 8.47. The fraction of sp³-hybridized carbons (Fsp3) is 0.556. The summed E-state index contributed by atoms with van der Waals surface area (Å²) in [5, 5.41) is 5.72. The van der Waals surface area contributed by atoms with E-state index in [-0.39, 0.29) is 24.5 Å². The molecule has 1 aliphatic rings. The molecule has 6 heteroatoms. The maximum atomic E-state index is 12.4. The summed E-state index contributed by atoms with van der Waals surface area (Å²) in [6.07, 6.45) is 2.24. The standard InChI is InChI=1S/C18H26N2O4/c1-4-5-6-16(21)20-17(12(2)3)18(22)19-10-13-7-8-14-15(9-13)24-11-23-14/h7-9,12,17H,4-6,10-11H2,1-3H3,(H,19,22)(H,20,21)/t17-/m0/s1. The minimum atomic E-state index is -0.525. The van der Waals surface area contributed by atoms with Gasteiger partial charge in [-0.05, 0) is 30.0 Å². The zero-order valence-electron chi connectivity index (χ0n) is 14.6.